The van der Waals surface area contributed by atoms with E-state index in [4.69, 9.17) is 9.84 Å². The molecule has 0 bridgehead atoms. The number of methoxy groups -OCH3 is 1. The lowest BCUT2D eigenvalue weighted by atomic mass is 10.2. The van der Waals surface area contributed by atoms with Gasteiger partial charge in [0, 0.05) is 5.56 Å². The van der Waals surface area contributed by atoms with Gasteiger partial charge in [0.1, 0.15) is 16.5 Å². The van der Waals surface area contributed by atoms with Crippen molar-refractivity contribution in [2.45, 2.75) is 11.8 Å². The van der Waals surface area contributed by atoms with Crippen LogP contribution in [0.1, 0.15) is 15.9 Å². The zero-order valence-corrected chi connectivity index (χ0v) is 12.1. The van der Waals surface area contributed by atoms with Crippen LogP contribution < -0.4 is 9.46 Å². The van der Waals surface area contributed by atoms with E-state index in [1.165, 1.54) is 25.4 Å². The predicted molar refractivity (Wildman–Crippen MR) is 74.1 cm³/mol. The van der Waals surface area contributed by atoms with Gasteiger partial charge in [0.05, 0.1) is 18.9 Å². The van der Waals surface area contributed by atoms with Crippen molar-refractivity contribution < 1.29 is 23.1 Å². The van der Waals surface area contributed by atoms with Crippen molar-refractivity contribution in [2.75, 3.05) is 11.8 Å². The quantitative estimate of drug-likeness (QED) is 0.763. The Morgan fingerprint density at radius 2 is 2.14 bits per heavy atom. The van der Waals surface area contributed by atoms with Crippen molar-refractivity contribution in [3.05, 3.63) is 35.5 Å². The van der Waals surface area contributed by atoms with E-state index in [1.807, 2.05) is 0 Å². The Bertz CT molecular complexity index is 782. The molecule has 0 fully saturated rings. The number of nitrogens with one attached hydrogen (secondary N) is 2. The van der Waals surface area contributed by atoms with E-state index in [0.29, 0.717) is 5.56 Å². The number of ether oxygens (including phenoxy) is 1. The second-order valence-corrected chi connectivity index (χ2v) is 5.86. The molecule has 1 heterocycles. The highest BCUT2D eigenvalue weighted by Crippen LogP contribution is 2.27. The molecule has 8 nitrogen and oxygen atoms in total. The Morgan fingerprint density at radius 1 is 1.43 bits per heavy atom. The van der Waals surface area contributed by atoms with Gasteiger partial charge in [0.25, 0.3) is 10.0 Å². The van der Waals surface area contributed by atoms with Crippen LogP contribution in [0.4, 0.5) is 5.82 Å². The molecule has 0 amide bonds. The van der Waals surface area contributed by atoms with Gasteiger partial charge in [0.15, 0.2) is 0 Å². The summed E-state index contributed by atoms with van der Waals surface area (Å²) in [6.45, 7) is 1.69. The second kappa shape index (κ2) is 5.44. The minimum atomic E-state index is -3.93. The Kier molecular flexibility index (Phi) is 3.85. The van der Waals surface area contributed by atoms with Crippen molar-refractivity contribution in [2.24, 2.45) is 0 Å². The Morgan fingerprint density at radius 3 is 2.67 bits per heavy atom. The van der Waals surface area contributed by atoms with Gasteiger partial charge in [-0.05, 0) is 25.1 Å². The largest absolute Gasteiger partial charge is 0.495 e. The summed E-state index contributed by atoms with van der Waals surface area (Å²) in [6, 6.07) is 3.52. The summed E-state index contributed by atoms with van der Waals surface area (Å²) < 4.78 is 31.9. The molecular weight excluding hydrogens is 298 g/mol. The first-order valence-electron chi connectivity index (χ1n) is 5.79. The number of aromatic amines is 1. The molecule has 0 saturated heterocycles. The maximum absolute atomic E-state index is 12.3. The summed E-state index contributed by atoms with van der Waals surface area (Å²) in [6.07, 6.45) is 1.47. The summed E-state index contributed by atoms with van der Waals surface area (Å²) in [5, 5.41) is 15.2. The third kappa shape index (κ3) is 2.97. The van der Waals surface area contributed by atoms with Crippen LogP contribution >= 0.6 is 0 Å². The zero-order valence-electron chi connectivity index (χ0n) is 11.2. The van der Waals surface area contributed by atoms with Crippen LogP contribution in [0.25, 0.3) is 0 Å². The number of carboxylic acids is 1. The van der Waals surface area contributed by atoms with E-state index in [2.05, 4.69) is 14.9 Å². The highest BCUT2D eigenvalue weighted by atomic mass is 32.2. The molecule has 0 aliphatic rings. The van der Waals surface area contributed by atoms with E-state index < -0.39 is 16.0 Å². The van der Waals surface area contributed by atoms with Crippen molar-refractivity contribution >= 4 is 21.8 Å². The monoisotopic (exact) mass is 311 g/mol. The molecule has 3 N–H and O–H groups in total. The third-order valence-electron chi connectivity index (χ3n) is 2.77. The van der Waals surface area contributed by atoms with Crippen LogP contribution in [0.3, 0.4) is 0 Å². The van der Waals surface area contributed by atoms with Gasteiger partial charge in [0.2, 0.25) is 0 Å². The molecule has 0 atom stereocenters. The lowest BCUT2D eigenvalue weighted by molar-refractivity contribution is 0.0696. The van der Waals surface area contributed by atoms with Crippen molar-refractivity contribution in [3.8, 4) is 5.75 Å². The maximum atomic E-state index is 12.3. The lowest BCUT2D eigenvalue weighted by Crippen LogP contribution is -2.15. The lowest BCUT2D eigenvalue weighted by Gasteiger charge is -2.11. The zero-order chi connectivity index (χ0) is 15.6. The van der Waals surface area contributed by atoms with Crippen LogP contribution in [0.5, 0.6) is 5.75 Å². The molecule has 1 aromatic heterocycles. The standard InChI is InChI=1S/C12H13N3O5S/c1-7-6-13-14-11(7)15-21(18,19)10-4-3-8(12(16)17)5-9(10)20-2/h3-6H,1-2H3,(H,16,17)(H2,13,14,15). The maximum Gasteiger partial charge on any atom is 0.335 e. The van der Waals surface area contributed by atoms with E-state index in [-0.39, 0.29) is 22.0 Å². The summed E-state index contributed by atoms with van der Waals surface area (Å²) in [4.78, 5) is 10.7. The average molecular weight is 311 g/mol. The van der Waals surface area contributed by atoms with Gasteiger partial charge in [-0.3, -0.25) is 9.82 Å². The molecular formula is C12H13N3O5S. The normalized spacial score (nSPS) is 11.1. The van der Waals surface area contributed by atoms with E-state index in [0.717, 1.165) is 6.07 Å². The molecule has 0 spiro atoms. The average Bonchev–Trinajstić information content (AvgIpc) is 2.82. The number of carboxylic acid groups (broad SMARTS) is 1. The molecule has 0 radical (unpaired) electrons. The number of aryl methyl sites for hydroxylation is 1. The summed E-state index contributed by atoms with van der Waals surface area (Å²) in [7, 11) is -2.66. The molecule has 0 unspecified atom stereocenters. The SMILES string of the molecule is COc1cc(C(=O)O)ccc1S(=O)(=O)Nc1[nH]ncc1C. The van der Waals surface area contributed by atoms with Gasteiger partial charge in [-0.2, -0.15) is 5.10 Å². The van der Waals surface area contributed by atoms with Gasteiger partial charge >= 0.3 is 5.97 Å². The molecule has 9 heteroatoms. The number of anilines is 1. The first-order valence-corrected chi connectivity index (χ1v) is 7.27. The molecule has 2 rings (SSSR count). The Hall–Kier alpha value is -2.55. The summed E-state index contributed by atoms with van der Waals surface area (Å²) in [5.41, 5.74) is 0.559. The first kappa shape index (κ1) is 14.9. The number of aromatic carboxylic acids is 1. The number of hydrogen-bond acceptors (Lipinski definition) is 5. The number of hydrogen-bond donors (Lipinski definition) is 3. The molecule has 0 aliphatic carbocycles. The van der Waals surface area contributed by atoms with Gasteiger partial charge in [-0.25, -0.2) is 13.2 Å². The van der Waals surface area contributed by atoms with Gasteiger partial charge in [-0.1, -0.05) is 0 Å². The number of rotatable bonds is 5. The number of aromatic nitrogens is 2. The third-order valence-corrected chi connectivity index (χ3v) is 4.15. The highest BCUT2D eigenvalue weighted by molar-refractivity contribution is 7.92. The van der Waals surface area contributed by atoms with Crippen LogP contribution in [0, 0.1) is 6.92 Å². The van der Waals surface area contributed by atoms with E-state index in [1.54, 1.807) is 6.92 Å². The molecule has 21 heavy (non-hydrogen) atoms. The summed E-state index contributed by atoms with van der Waals surface area (Å²) >= 11 is 0. The molecule has 2 aromatic rings. The Labute approximate surface area is 120 Å². The fraction of sp³-hybridized carbons (Fsp3) is 0.167. The van der Waals surface area contributed by atoms with Crippen LogP contribution in [0.2, 0.25) is 0 Å². The predicted octanol–water partition coefficient (Wildman–Crippen LogP) is 1.23. The first-order chi connectivity index (χ1) is 9.85. The van der Waals surface area contributed by atoms with E-state index in [9.17, 15) is 13.2 Å². The molecule has 112 valence electrons. The van der Waals surface area contributed by atoms with Crippen LogP contribution in [-0.4, -0.2) is 36.8 Å². The van der Waals surface area contributed by atoms with Crippen molar-refractivity contribution in [1.29, 1.82) is 0 Å². The minimum Gasteiger partial charge on any atom is -0.495 e. The fourth-order valence-electron chi connectivity index (χ4n) is 1.66. The second-order valence-electron chi connectivity index (χ2n) is 4.20. The number of carbonyl (C=O) groups is 1. The number of nitrogens with zero attached hydrogens (tertiary/aromatic N) is 1. The smallest absolute Gasteiger partial charge is 0.335 e. The number of H-pyrrole nitrogens is 1. The summed E-state index contributed by atoms with van der Waals surface area (Å²) in [5.74, 6) is -0.992. The van der Waals surface area contributed by atoms with Crippen LogP contribution in [0.15, 0.2) is 29.3 Å². The number of benzene rings is 1. The van der Waals surface area contributed by atoms with Crippen LogP contribution in [-0.2, 0) is 10.0 Å². The van der Waals surface area contributed by atoms with Crippen molar-refractivity contribution in [1.82, 2.24) is 10.2 Å². The fourth-order valence-corrected chi connectivity index (χ4v) is 2.90. The van der Waals surface area contributed by atoms with E-state index >= 15 is 0 Å². The molecule has 0 saturated carbocycles. The number of sulfonamides is 1. The van der Waals surface area contributed by atoms with Crippen molar-refractivity contribution in [3.63, 3.8) is 0 Å². The van der Waals surface area contributed by atoms with Gasteiger partial charge < -0.3 is 9.84 Å². The molecule has 0 aliphatic heterocycles. The van der Waals surface area contributed by atoms with Gasteiger partial charge in [-0.15, -0.1) is 0 Å². The topological polar surface area (TPSA) is 121 Å². The minimum absolute atomic E-state index is 0.0560. The Balaban J connectivity index is 2.45. The highest BCUT2D eigenvalue weighted by Gasteiger charge is 2.22. The molecule has 1 aromatic carbocycles.